The molecule has 0 aliphatic heterocycles. The molecule has 0 atom stereocenters. The van der Waals surface area contributed by atoms with Crippen molar-refractivity contribution in [3.8, 4) is 0 Å². The number of unbranched alkanes of at least 4 members (excludes halogenated alkanes) is 1. The molecular weight excluding hydrogens is 302 g/mol. The number of hydrogen-bond acceptors (Lipinski definition) is 5. The second kappa shape index (κ2) is 7.12. The third-order valence-electron chi connectivity index (χ3n) is 3.93. The number of nitrogens with one attached hydrogen (secondary N) is 1. The van der Waals surface area contributed by atoms with E-state index in [1.807, 2.05) is 30.3 Å². The topological polar surface area (TPSA) is 85.8 Å². The Balaban J connectivity index is 2.00. The van der Waals surface area contributed by atoms with Crippen molar-refractivity contribution in [2.45, 2.75) is 26.3 Å². The summed E-state index contributed by atoms with van der Waals surface area (Å²) in [4.78, 5) is 20.7. The highest BCUT2D eigenvalue weighted by molar-refractivity contribution is 5.78. The van der Waals surface area contributed by atoms with E-state index in [1.54, 1.807) is 16.8 Å². The lowest BCUT2D eigenvalue weighted by molar-refractivity contribution is 0.780. The standard InChI is InChI=1S/C18H21N5O/c1-2-3-10-20-17-14(11-21-18(19)22-17)12-23-15-7-5-4-6-13(15)8-9-16(23)24/h4-9,11H,2-3,10,12H2,1H3,(H3,19,20,21,22). The van der Waals surface area contributed by atoms with Crippen LogP contribution in [0.25, 0.3) is 10.9 Å². The van der Waals surface area contributed by atoms with Gasteiger partial charge in [-0.05, 0) is 23.9 Å². The Labute approximate surface area is 140 Å². The van der Waals surface area contributed by atoms with Crippen LogP contribution in [0, 0.1) is 0 Å². The SMILES string of the molecule is CCCCNc1nc(N)ncc1Cn1c(=O)ccc2ccccc21. The van der Waals surface area contributed by atoms with Gasteiger partial charge in [-0.15, -0.1) is 0 Å². The Bertz CT molecular complexity index is 903. The van der Waals surface area contributed by atoms with E-state index in [4.69, 9.17) is 5.73 Å². The number of pyridine rings is 1. The number of rotatable bonds is 6. The Morgan fingerprint density at radius 2 is 2.04 bits per heavy atom. The first kappa shape index (κ1) is 16.0. The number of nitrogen functional groups attached to an aromatic ring is 1. The zero-order chi connectivity index (χ0) is 16.9. The molecule has 0 saturated carbocycles. The first-order valence-corrected chi connectivity index (χ1v) is 8.13. The molecule has 3 N–H and O–H groups in total. The van der Waals surface area contributed by atoms with Crippen molar-refractivity contribution in [2.75, 3.05) is 17.6 Å². The van der Waals surface area contributed by atoms with Crippen molar-refractivity contribution >= 4 is 22.7 Å². The van der Waals surface area contributed by atoms with Gasteiger partial charge in [-0.2, -0.15) is 4.98 Å². The fraction of sp³-hybridized carbons (Fsp3) is 0.278. The van der Waals surface area contributed by atoms with Crippen LogP contribution < -0.4 is 16.6 Å². The molecule has 0 aliphatic carbocycles. The summed E-state index contributed by atoms with van der Waals surface area (Å²) in [5.74, 6) is 0.916. The Hall–Kier alpha value is -2.89. The largest absolute Gasteiger partial charge is 0.370 e. The van der Waals surface area contributed by atoms with Crippen molar-refractivity contribution in [1.29, 1.82) is 0 Å². The summed E-state index contributed by atoms with van der Waals surface area (Å²) in [6.45, 7) is 3.34. The fourth-order valence-corrected chi connectivity index (χ4v) is 2.65. The van der Waals surface area contributed by atoms with Crippen LogP contribution in [0.1, 0.15) is 25.3 Å². The van der Waals surface area contributed by atoms with Crippen LogP contribution in [0.5, 0.6) is 0 Å². The normalized spacial score (nSPS) is 10.9. The van der Waals surface area contributed by atoms with E-state index in [1.165, 1.54) is 0 Å². The van der Waals surface area contributed by atoms with E-state index in [2.05, 4.69) is 22.2 Å². The van der Waals surface area contributed by atoms with Gasteiger partial charge in [0.25, 0.3) is 5.56 Å². The molecule has 0 bridgehead atoms. The molecule has 2 aromatic heterocycles. The summed E-state index contributed by atoms with van der Waals surface area (Å²) in [7, 11) is 0. The van der Waals surface area contributed by atoms with Gasteiger partial charge in [0, 0.05) is 24.4 Å². The number of aromatic nitrogens is 3. The highest BCUT2D eigenvalue weighted by Crippen LogP contribution is 2.17. The summed E-state index contributed by atoms with van der Waals surface area (Å²) < 4.78 is 1.73. The van der Waals surface area contributed by atoms with Crippen LogP contribution in [-0.4, -0.2) is 21.1 Å². The molecule has 3 aromatic rings. The average Bonchev–Trinajstić information content (AvgIpc) is 2.59. The van der Waals surface area contributed by atoms with Crippen molar-refractivity contribution in [2.24, 2.45) is 0 Å². The average molecular weight is 323 g/mol. The van der Waals surface area contributed by atoms with Crippen molar-refractivity contribution < 1.29 is 0 Å². The quantitative estimate of drug-likeness (QED) is 0.681. The van der Waals surface area contributed by atoms with Gasteiger partial charge in [-0.3, -0.25) is 4.79 Å². The fourth-order valence-electron chi connectivity index (χ4n) is 2.65. The third-order valence-corrected chi connectivity index (χ3v) is 3.93. The Kier molecular flexibility index (Phi) is 4.74. The number of hydrogen-bond donors (Lipinski definition) is 2. The number of benzene rings is 1. The first-order chi connectivity index (χ1) is 11.7. The van der Waals surface area contributed by atoms with E-state index in [-0.39, 0.29) is 11.5 Å². The van der Waals surface area contributed by atoms with Crippen molar-refractivity contribution in [3.63, 3.8) is 0 Å². The van der Waals surface area contributed by atoms with E-state index in [0.717, 1.165) is 35.9 Å². The second-order valence-corrected chi connectivity index (χ2v) is 5.70. The number of nitrogens with zero attached hydrogens (tertiary/aromatic N) is 3. The van der Waals surface area contributed by atoms with Crippen molar-refractivity contribution in [1.82, 2.24) is 14.5 Å². The highest BCUT2D eigenvalue weighted by Gasteiger charge is 2.09. The zero-order valence-corrected chi connectivity index (χ0v) is 13.7. The van der Waals surface area contributed by atoms with E-state index >= 15 is 0 Å². The smallest absolute Gasteiger partial charge is 0.251 e. The molecule has 0 aliphatic rings. The minimum atomic E-state index is -0.0509. The monoisotopic (exact) mass is 323 g/mol. The van der Waals surface area contributed by atoms with Crippen LogP contribution in [0.2, 0.25) is 0 Å². The number of anilines is 2. The predicted molar refractivity (Wildman–Crippen MR) is 97.2 cm³/mol. The second-order valence-electron chi connectivity index (χ2n) is 5.70. The molecule has 124 valence electrons. The molecule has 6 heteroatoms. The molecule has 0 saturated heterocycles. The molecule has 0 spiro atoms. The van der Waals surface area contributed by atoms with Gasteiger partial charge in [-0.1, -0.05) is 31.5 Å². The van der Waals surface area contributed by atoms with E-state index in [0.29, 0.717) is 12.4 Å². The number of nitrogens with two attached hydrogens (primary N) is 1. The lowest BCUT2D eigenvalue weighted by Crippen LogP contribution is -2.21. The molecule has 6 nitrogen and oxygen atoms in total. The molecular formula is C18H21N5O. The van der Waals surface area contributed by atoms with Gasteiger partial charge in [0.1, 0.15) is 5.82 Å². The maximum atomic E-state index is 12.4. The summed E-state index contributed by atoms with van der Waals surface area (Å²) >= 11 is 0. The minimum absolute atomic E-state index is 0.0509. The lowest BCUT2D eigenvalue weighted by atomic mass is 10.2. The highest BCUT2D eigenvalue weighted by atomic mass is 16.1. The number of para-hydroxylation sites is 1. The van der Waals surface area contributed by atoms with E-state index < -0.39 is 0 Å². The lowest BCUT2D eigenvalue weighted by Gasteiger charge is -2.14. The van der Waals surface area contributed by atoms with Crippen LogP contribution in [0.15, 0.2) is 47.4 Å². The molecule has 0 unspecified atom stereocenters. The molecule has 2 heterocycles. The summed E-state index contributed by atoms with van der Waals surface area (Å²) in [5.41, 5.74) is 7.40. The van der Waals surface area contributed by atoms with Gasteiger partial charge in [0.15, 0.2) is 0 Å². The Morgan fingerprint density at radius 3 is 2.88 bits per heavy atom. The van der Waals surface area contributed by atoms with Crippen LogP contribution >= 0.6 is 0 Å². The minimum Gasteiger partial charge on any atom is -0.370 e. The third kappa shape index (κ3) is 3.37. The van der Waals surface area contributed by atoms with Gasteiger partial charge in [0.05, 0.1) is 12.1 Å². The number of fused-ring (bicyclic) bond motifs is 1. The van der Waals surface area contributed by atoms with Crippen molar-refractivity contribution in [3.05, 3.63) is 58.5 Å². The zero-order valence-electron chi connectivity index (χ0n) is 13.7. The van der Waals surface area contributed by atoms with E-state index in [9.17, 15) is 4.79 Å². The molecule has 24 heavy (non-hydrogen) atoms. The molecule has 0 amide bonds. The van der Waals surface area contributed by atoms with Gasteiger partial charge in [-0.25, -0.2) is 4.98 Å². The molecule has 0 fully saturated rings. The molecule has 3 rings (SSSR count). The predicted octanol–water partition coefficient (Wildman–Crippen LogP) is 2.63. The molecule has 1 aromatic carbocycles. The maximum absolute atomic E-state index is 12.4. The molecule has 0 radical (unpaired) electrons. The van der Waals surface area contributed by atoms with Crippen LogP contribution in [0.4, 0.5) is 11.8 Å². The maximum Gasteiger partial charge on any atom is 0.251 e. The van der Waals surface area contributed by atoms with Gasteiger partial charge < -0.3 is 15.6 Å². The van der Waals surface area contributed by atoms with Crippen LogP contribution in [-0.2, 0) is 6.54 Å². The first-order valence-electron chi connectivity index (χ1n) is 8.13. The van der Waals surface area contributed by atoms with Crippen LogP contribution in [0.3, 0.4) is 0 Å². The van der Waals surface area contributed by atoms with Gasteiger partial charge in [0.2, 0.25) is 5.95 Å². The summed E-state index contributed by atoms with van der Waals surface area (Å²) in [5, 5.41) is 4.32. The summed E-state index contributed by atoms with van der Waals surface area (Å²) in [6, 6.07) is 11.3. The summed E-state index contributed by atoms with van der Waals surface area (Å²) in [6.07, 6.45) is 3.81. The van der Waals surface area contributed by atoms with Gasteiger partial charge >= 0.3 is 0 Å². The Morgan fingerprint density at radius 1 is 1.21 bits per heavy atom.